The summed E-state index contributed by atoms with van der Waals surface area (Å²) in [6.07, 6.45) is 6.77. The number of pyridine rings is 1. The number of amidine groups is 1. The summed E-state index contributed by atoms with van der Waals surface area (Å²) in [6, 6.07) is 5.30. The second kappa shape index (κ2) is 11.6. The smallest absolute Gasteiger partial charge is 0.246 e. The molecule has 5 rings (SSSR count). The lowest BCUT2D eigenvalue weighted by molar-refractivity contribution is -0.128. The van der Waals surface area contributed by atoms with Crippen LogP contribution >= 0.6 is 11.6 Å². The summed E-state index contributed by atoms with van der Waals surface area (Å²) >= 11 is 6.71. The minimum Gasteiger partial charge on any atom is -0.507 e. The molecule has 2 fully saturated rings. The zero-order valence-electron chi connectivity index (χ0n) is 22.7. The Kier molecular flexibility index (Phi) is 7.98. The third-order valence-corrected chi connectivity index (χ3v) is 7.54. The number of anilines is 2. The zero-order valence-corrected chi connectivity index (χ0v) is 23.4. The molecule has 41 heavy (non-hydrogen) atoms. The Balaban J connectivity index is 1.69. The fourth-order valence-corrected chi connectivity index (χ4v) is 5.37. The number of phenolic OH excluding ortho intramolecular Hbond substituents is 1. The Morgan fingerprint density at radius 1 is 1.24 bits per heavy atom. The number of aromatic hydroxyl groups is 1. The highest BCUT2D eigenvalue weighted by atomic mass is 35.5. The van der Waals surface area contributed by atoms with Gasteiger partial charge in [0.25, 0.3) is 0 Å². The predicted octanol–water partition coefficient (Wildman–Crippen LogP) is 4.30. The third-order valence-electron chi connectivity index (χ3n) is 7.25. The van der Waals surface area contributed by atoms with Crippen LogP contribution in [0, 0.1) is 5.82 Å². The van der Waals surface area contributed by atoms with Gasteiger partial charge >= 0.3 is 0 Å². The molecule has 1 aliphatic heterocycles. The first-order valence-electron chi connectivity index (χ1n) is 13.2. The summed E-state index contributed by atoms with van der Waals surface area (Å²) in [5.41, 5.74) is 0.802. The van der Waals surface area contributed by atoms with Gasteiger partial charge in [0.2, 0.25) is 12.3 Å². The molecule has 1 unspecified atom stereocenters. The highest BCUT2D eigenvalue weighted by Gasteiger charge is 2.35. The quantitative estimate of drug-likeness (QED) is 0.193. The minimum atomic E-state index is -0.727. The molecular formula is C29H29ClFN7O3. The number of aliphatic imine (C=N–C) groups is 1. The van der Waals surface area contributed by atoms with Gasteiger partial charge in [-0.2, -0.15) is 0 Å². The maximum atomic E-state index is 15.0. The van der Waals surface area contributed by atoms with Crippen LogP contribution in [0.25, 0.3) is 11.3 Å². The molecule has 1 saturated carbocycles. The van der Waals surface area contributed by atoms with E-state index in [0.717, 1.165) is 12.8 Å². The van der Waals surface area contributed by atoms with Crippen LogP contribution in [0.5, 0.6) is 5.75 Å². The van der Waals surface area contributed by atoms with E-state index in [2.05, 4.69) is 26.5 Å². The molecule has 2 aromatic heterocycles. The molecule has 10 nitrogen and oxygen atoms in total. The van der Waals surface area contributed by atoms with Crippen LogP contribution in [-0.2, 0) is 9.59 Å². The Bertz CT molecular complexity index is 1520. The molecule has 0 radical (unpaired) electrons. The molecule has 3 aromatic rings. The lowest BCUT2D eigenvalue weighted by atomic mass is 10.1. The number of amides is 2. The second-order valence-electron chi connectivity index (χ2n) is 9.92. The van der Waals surface area contributed by atoms with Crippen LogP contribution in [-0.4, -0.2) is 80.7 Å². The molecule has 1 atom stereocenters. The molecule has 1 aliphatic carbocycles. The summed E-state index contributed by atoms with van der Waals surface area (Å²) in [4.78, 5) is 48.2. The largest absolute Gasteiger partial charge is 0.507 e. The van der Waals surface area contributed by atoms with E-state index in [1.807, 2.05) is 11.8 Å². The van der Waals surface area contributed by atoms with Crippen molar-refractivity contribution in [1.82, 2.24) is 24.8 Å². The van der Waals surface area contributed by atoms with Crippen molar-refractivity contribution in [2.75, 3.05) is 31.6 Å². The molecule has 12 heteroatoms. The summed E-state index contributed by atoms with van der Waals surface area (Å²) in [6.45, 7) is 6.84. The number of hydrogen-bond donors (Lipinski definition) is 1. The van der Waals surface area contributed by atoms with Crippen molar-refractivity contribution in [2.45, 2.75) is 31.7 Å². The number of carbonyl (C=O) groups is 2. The number of piperazine rings is 1. The van der Waals surface area contributed by atoms with Gasteiger partial charge in [0.15, 0.2) is 11.6 Å². The van der Waals surface area contributed by atoms with Crippen molar-refractivity contribution in [3.63, 3.8) is 0 Å². The van der Waals surface area contributed by atoms with Crippen LogP contribution < -0.4 is 4.90 Å². The van der Waals surface area contributed by atoms with E-state index in [0.29, 0.717) is 49.0 Å². The Morgan fingerprint density at radius 2 is 2.00 bits per heavy atom. The highest BCUT2D eigenvalue weighted by molar-refractivity contribution is 6.33. The van der Waals surface area contributed by atoms with E-state index in [4.69, 9.17) is 11.6 Å². The molecule has 212 valence electrons. The van der Waals surface area contributed by atoms with E-state index in [9.17, 15) is 19.1 Å². The van der Waals surface area contributed by atoms with Crippen molar-refractivity contribution in [3.05, 3.63) is 71.4 Å². The van der Waals surface area contributed by atoms with Crippen molar-refractivity contribution in [1.29, 1.82) is 0 Å². The molecule has 2 amide bonds. The standard InChI is InChI=1S/C29H29ClFN7O3/c1-4-23(41)36-12-13-37(17(2)15-36)27(32-3)19-14-20(30)26(24-21(31)6-5-7-22(24)40)35-28(19)38(16-39)29-25(18-8-9-18)33-10-11-34-29/h4-7,10-11,14,16-18,40H,1,8-9,12-13,15H2,2-3H3. The minimum absolute atomic E-state index is 0.0466. The van der Waals surface area contributed by atoms with Crippen molar-refractivity contribution in [2.24, 2.45) is 4.99 Å². The molecule has 1 N–H and O–H groups in total. The maximum Gasteiger partial charge on any atom is 0.246 e. The van der Waals surface area contributed by atoms with E-state index in [-0.39, 0.29) is 45.7 Å². The number of nitrogens with zero attached hydrogens (tertiary/aromatic N) is 7. The van der Waals surface area contributed by atoms with Gasteiger partial charge < -0.3 is 14.9 Å². The fraction of sp³-hybridized carbons (Fsp3) is 0.310. The third kappa shape index (κ3) is 5.37. The highest BCUT2D eigenvalue weighted by Crippen LogP contribution is 2.44. The first kappa shape index (κ1) is 28.2. The molecule has 0 bridgehead atoms. The number of aromatic nitrogens is 3. The Hall–Kier alpha value is -4.38. The van der Waals surface area contributed by atoms with Gasteiger partial charge in [-0.15, -0.1) is 0 Å². The number of benzene rings is 1. The lowest BCUT2D eigenvalue weighted by Crippen LogP contribution is -2.55. The first-order valence-corrected chi connectivity index (χ1v) is 13.6. The van der Waals surface area contributed by atoms with Gasteiger partial charge in [-0.3, -0.25) is 19.6 Å². The Morgan fingerprint density at radius 3 is 2.63 bits per heavy atom. The number of hydrogen-bond acceptors (Lipinski definition) is 7. The lowest BCUT2D eigenvalue weighted by Gasteiger charge is -2.41. The Labute approximate surface area is 241 Å². The van der Waals surface area contributed by atoms with Crippen molar-refractivity contribution < 1.29 is 19.1 Å². The number of halogens is 2. The molecule has 2 aliphatic rings. The molecular weight excluding hydrogens is 549 g/mol. The first-order chi connectivity index (χ1) is 19.8. The second-order valence-corrected chi connectivity index (χ2v) is 10.3. The maximum absolute atomic E-state index is 15.0. The van der Waals surface area contributed by atoms with Gasteiger partial charge in [-0.05, 0) is 44.0 Å². The molecule has 1 aromatic carbocycles. The monoisotopic (exact) mass is 577 g/mol. The van der Waals surface area contributed by atoms with E-state index in [1.54, 1.807) is 24.2 Å². The average molecular weight is 578 g/mol. The van der Waals surface area contributed by atoms with Crippen LogP contribution in [0.2, 0.25) is 5.02 Å². The van der Waals surface area contributed by atoms with Gasteiger partial charge in [0.05, 0.1) is 27.5 Å². The van der Waals surface area contributed by atoms with E-state index in [1.165, 1.54) is 35.4 Å². The molecule has 1 saturated heterocycles. The summed E-state index contributed by atoms with van der Waals surface area (Å²) in [5.74, 6) is -0.211. The SMILES string of the molecule is C=CC(=O)N1CCN(C(=NC)c2cc(Cl)c(-c3c(O)cccc3F)nc2N(C=O)c2nccnc2C2CC2)C(C)C1. The van der Waals surface area contributed by atoms with Crippen LogP contribution in [0.4, 0.5) is 16.0 Å². The average Bonchev–Trinajstić information content (AvgIpc) is 3.81. The fourth-order valence-electron chi connectivity index (χ4n) is 5.13. The number of rotatable bonds is 7. The van der Waals surface area contributed by atoms with E-state index >= 15 is 0 Å². The topological polar surface area (TPSA) is 115 Å². The van der Waals surface area contributed by atoms with Gasteiger partial charge in [0.1, 0.15) is 17.4 Å². The van der Waals surface area contributed by atoms with E-state index < -0.39 is 5.82 Å². The summed E-state index contributed by atoms with van der Waals surface area (Å²) in [7, 11) is 1.61. The van der Waals surface area contributed by atoms with Gasteiger partial charge in [-0.25, -0.2) is 19.3 Å². The normalized spacial score (nSPS) is 17.4. The molecule has 0 spiro atoms. The summed E-state index contributed by atoms with van der Waals surface area (Å²) in [5, 5.41) is 10.6. The number of phenols is 1. The molecule has 3 heterocycles. The van der Waals surface area contributed by atoms with Gasteiger partial charge in [0, 0.05) is 51.0 Å². The van der Waals surface area contributed by atoms with Crippen LogP contribution in [0.15, 0.2) is 54.3 Å². The van der Waals surface area contributed by atoms with Crippen molar-refractivity contribution >= 4 is 41.4 Å². The van der Waals surface area contributed by atoms with Gasteiger partial charge in [-0.1, -0.05) is 24.2 Å². The predicted molar refractivity (Wildman–Crippen MR) is 154 cm³/mol. The van der Waals surface area contributed by atoms with Crippen LogP contribution in [0.3, 0.4) is 0 Å². The summed E-state index contributed by atoms with van der Waals surface area (Å²) < 4.78 is 15.0. The zero-order chi connectivity index (χ0) is 29.3. The van der Waals surface area contributed by atoms with Crippen LogP contribution in [0.1, 0.15) is 36.9 Å². The number of carbonyl (C=O) groups excluding carboxylic acids is 2. The van der Waals surface area contributed by atoms with Crippen molar-refractivity contribution in [3.8, 4) is 17.0 Å².